The molecule has 3 rings (SSSR count). The van der Waals surface area contributed by atoms with Crippen molar-refractivity contribution in [3.8, 4) is 5.75 Å². The summed E-state index contributed by atoms with van der Waals surface area (Å²) in [4.78, 5) is 11.8. The van der Waals surface area contributed by atoms with Crippen LogP contribution in [-0.2, 0) is 11.2 Å². The lowest BCUT2D eigenvalue weighted by molar-refractivity contribution is -0.129. The third-order valence-corrected chi connectivity index (χ3v) is 3.56. The number of aliphatic hydroxyl groups is 1. The van der Waals surface area contributed by atoms with Gasteiger partial charge >= 0.3 is 0 Å². The highest BCUT2D eigenvalue weighted by Crippen LogP contribution is 2.40. The van der Waals surface area contributed by atoms with Crippen LogP contribution in [0.25, 0.3) is 0 Å². The number of ether oxygens (including phenoxy) is 1. The summed E-state index contributed by atoms with van der Waals surface area (Å²) in [5.41, 5.74) is 0.370. The number of amides is 1. The molecule has 18 heavy (non-hydrogen) atoms. The number of rotatable bonds is 2. The van der Waals surface area contributed by atoms with Crippen LogP contribution in [0.15, 0.2) is 18.2 Å². The van der Waals surface area contributed by atoms with Crippen molar-refractivity contribution in [2.45, 2.75) is 44.3 Å². The van der Waals surface area contributed by atoms with Gasteiger partial charge in [0, 0.05) is 6.42 Å². The Morgan fingerprint density at radius 1 is 1.39 bits per heavy atom. The molecule has 1 amide bonds. The van der Waals surface area contributed by atoms with Crippen molar-refractivity contribution in [2.24, 2.45) is 0 Å². The summed E-state index contributed by atoms with van der Waals surface area (Å²) in [7, 11) is 0. The van der Waals surface area contributed by atoms with E-state index in [9.17, 15) is 9.90 Å². The van der Waals surface area contributed by atoms with Crippen LogP contribution in [0.4, 0.5) is 5.69 Å². The SMILES string of the molecule is CC1(C)Oc2ccc(CC3(O)CC3)cc2NC1=O. The summed E-state index contributed by atoms with van der Waals surface area (Å²) >= 11 is 0. The van der Waals surface area contributed by atoms with Crippen LogP contribution < -0.4 is 10.1 Å². The Labute approximate surface area is 106 Å². The van der Waals surface area contributed by atoms with Gasteiger partial charge in [0.25, 0.3) is 5.91 Å². The lowest BCUT2D eigenvalue weighted by atomic mass is 10.0. The molecule has 2 N–H and O–H groups in total. The lowest BCUT2D eigenvalue weighted by Gasteiger charge is -2.31. The molecule has 1 saturated carbocycles. The molecular formula is C14H17NO3. The molecule has 4 heteroatoms. The van der Waals surface area contributed by atoms with Gasteiger partial charge in [-0.2, -0.15) is 0 Å². The van der Waals surface area contributed by atoms with E-state index in [0.717, 1.165) is 18.4 Å². The molecule has 2 aliphatic rings. The van der Waals surface area contributed by atoms with Crippen LogP contribution in [0.1, 0.15) is 32.3 Å². The molecule has 0 radical (unpaired) electrons. The van der Waals surface area contributed by atoms with Crippen LogP contribution in [0, 0.1) is 0 Å². The predicted octanol–water partition coefficient (Wildman–Crippen LogP) is 1.86. The van der Waals surface area contributed by atoms with Crippen LogP contribution >= 0.6 is 0 Å². The highest BCUT2D eigenvalue weighted by molar-refractivity contribution is 6.00. The molecule has 1 aromatic carbocycles. The fourth-order valence-electron chi connectivity index (χ4n) is 2.17. The molecule has 0 unspecified atom stereocenters. The van der Waals surface area contributed by atoms with Crippen molar-refractivity contribution in [3.05, 3.63) is 23.8 Å². The molecule has 0 saturated heterocycles. The summed E-state index contributed by atoms with van der Waals surface area (Å²) in [5, 5.41) is 12.8. The van der Waals surface area contributed by atoms with Crippen molar-refractivity contribution >= 4 is 11.6 Å². The van der Waals surface area contributed by atoms with Gasteiger partial charge in [-0.25, -0.2) is 0 Å². The summed E-state index contributed by atoms with van der Waals surface area (Å²) in [6.07, 6.45) is 2.36. The minimum Gasteiger partial charge on any atom is -0.476 e. The average Bonchev–Trinajstić information content (AvgIpc) is 2.98. The van der Waals surface area contributed by atoms with Gasteiger partial charge in [-0.3, -0.25) is 4.79 Å². The van der Waals surface area contributed by atoms with Crippen LogP contribution in [-0.4, -0.2) is 22.2 Å². The van der Waals surface area contributed by atoms with Crippen molar-refractivity contribution < 1.29 is 14.6 Å². The van der Waals surface area contributed by atoms with Crippen LogP contribution in [0.3, 0.4) is 0 Å². The minimum atomic E-state index is -0.830. The summed E-state index contributed by atoms with van der Waals surface area (Å²) in [5.74, 6) is 0.545. The Balaban J connectivity index is 1.88. The van der Waals surface area contributed by atoms with Crippen LogP contribution in [0.2, 0.25) is 0 Å². The van der Waals surface area contributed by atoms with Gasteiger partial charge in [0.2, 0.25) is 0 Å². The topological polar surface area (TPSA) is 58.6 Å². The van der Waals surface area contributed by atoms with E-state index in [-0.39, 0.29) is 5.91 Å². The number of anilines is 1. The van der Waals surface area contributed by atoms with E-state index in [0.29, 0.717) is 17.9 Å². The van der Waals surface area contributed by atoms with Gasteiger partial charge in [0.15, 0.2) is 5.60 Å². The molecule has 1 fully saturated rings. The smallest absolute Gasteiger partial charge is 0.268 e. The average molecular weight is 247 g/mol. The minimum absolute atomic E-state index is 0.141. The van der Waals surface area contributed by atoms with Gasteiger partial charge in [-0.05, 0) is 44.4 Å². The second-order valence-corrected chi connectivity index (χ2v) is 5.80. The predicted molar refractivity (Wildman–Crippen MR) is 67.7 cm³/mol. The lowest BCUT2D eigenvalue weighted by Crippen LogP contribution is -2.45. The van der Waals surface area contributed by atoms with Crippen LogP contribution in [0.5, 0.6) is 5.75 Å². The summed E-state index contributed by atoms with van der Waals surface area (Å²) < 4.78 is 5.66. The van der Waals surface area contributed by atoms with E-state index in [1.165, 1.54) is 0 Å². The van der Waals surface area contributed by atoms with Gasteiger partial charge < -0.3 is 15.2 Å². The molecule has 0 spiro atoms. The number of nitrogens with one attached hydrogen (secondary N) is 1. The zero-order chi connectivity index (χ0) is 13.0. The van der Waals surface area contributed by atoms with Crippen molar-refractivity contribution in [3.63, 3.8) is 0 Å². The molecule has 1 aliphatic carbocycles. The highest BCUT2D eigenvalue weighted by atomic mass is 16.5. The highest BCUT2D eigenvalue weighted by Gasteiger charge is 2.40. The first-order chi connectivity index (χ1) is 8.38. The number of carbonyl (C=O) groups is 1. The number of fused-ring (bicyclic) bond motifs is 1. The van der Waals surface area contributed by atoms with E-state index in [2.05, 4.69) is 5.32 Å². The molecule has 1 heterocycles. The first-order valence-corrected chi connectivity index (χ1v) is 6.24. The Morgan fingerprint density at radius 2 is 2.11 bits per heavy atom. The molecule has 1 aromatic rings. The molecular weight excluding hydrogens is 230 g/mol. The van der Waals surface area contributed by atoms with Crippen molar-refractivity contribution in [2.75, 3.05) is 5.32 Å². The summed E-state index contributed by atoms with van der Waals surface area (Å²) in [6, 6.07) is 5.69. The number of carbonyl (C=O) groups excluding carboxylic acids is 1. The second kappa shape index (κ2) is 3.48. The number of benzene rings is 1. The zero-order valence-electron chi connectivity index (χ0n) is 10.6. The third kappa shape index (κ3) is 1.97. The first-order valence-electron chi connectivity index (χ1n) is 6.24. The maximum atomic E-state index is 11.8. The Bertz CT molecular complexity index is 518. The molecule has 96 valence electrons. The van der Waals surface area contributed by atoms with Gasteiger partial charge in [0.05, 0.1) is 11.3 Å². The Hall–Kier alpha value is -1.55. The van der Waals surface area contributed by atoms with Gasteiger partial charge in [-0.1, -0.05) is 6.07 Å². The molecule has 0 bridgehead atoms. The van der Waals surface area contributed by atoms with E-state index in [1.807, 2.05) is 18.2 Å². The maximum Gasteiger partial charge on any atom is 0.268 e. The number of hydrogen-bond donors (Lipinski definition) is 2. The third-order valence-electron chi connectivity index (χ3n) is 3.56. The normalized spacial score (nSPS) is 22.7. The number of hydrogen-bond acceptors (Lipinski definition) is 3. The standard InChI is InChI=1S/C14H17NO3/c1-13(2)12(16)15-10-7-9(3-4-11(10)18-13)8-14(17)5-6-14/h3-4,7,17H,5-6,8H2,1-2H3,(H,15,16). The van der Waals surface area contributed by atoms with Crippen molar-refractivity contribution in [1.29, 1.82) is 0 Å². The Morgan fingerprint density at radius 3 is 2.78 bits per heavy atom. The molecule has 4 nitrogen and oxygen atoms in total. The second-order valence-electron chi connectivity index (χ2n) is 5.80. The van der Waals surface area contributed by atoms with E-state index in [1.54, 1.807) is 13.8 Å². The Kier molecular flexibility index (Phi) is 2.23. The monoisotopic (exact) mass is 247 g/mol. The largest absolute Gasteiger partial charge is 0.476 e. The quantitative estimate of drug-likeness (QED) is 0.838. The first kappa shape index (κ1) is 11.5. The van der Waals surface area contributed by atoms with Gasteiger partial charge in [-0.15, -0.1) is 0 Å². The molecule has 0 aromatic heterocycles. The molecule has 1 aliphatic heterocycles. The van der Waals surface area contributed by atoms with Crippen molar-refractivity contribution in [1.82, 2.24) is 0 Å². The van der Waals surface area contributed by atoms with E-state index < -0.39 is 11.2 Å². The zero-order valence-corrected chi connectivity index (χ0v) is 10.6. The molecule has 0 atom stereocenters. The van der Waals surface area contributed by atoms with E-state index in [4.69, 9.17) is 4.74 Å². The van der Waals surface area contributed by atoms with Gasteiger partial charge in [0.1, 0.15) is 5.75 Å². The summed E-state index contributed by atoms with van der Waals surface area (Å²) in [6.45, 7) is 3.48. The van der Waals surface area contributed by atoms with E-state index >= 15 is 0 Å². The fraction of sp³-hybridized carbons (Fsp3) is 0.500. The fourth-order valence-corrected chi connectivity index (χ4v) is 2.17. The maximum absolute atomic E-state index is 11.8.